The van der Waals surface area contributed by atoms with Gasteiger partial charge in [-0.15, -0.1) is 5.10 Å². The molecule has 0 fully saturated rings. The van der Waals surface area contributed by atoms with Crippen LogP contribution in [0.2, 0.25) is 0 Å². The number of H-pyrrole nitrogens is 1. The summed E-state index contributed by atoms with van der Waals surface area (Å²) in [6.07, 6.45) is 1.55. The minimum atomic E-state index is -0.448. The summed E-state index contributed by atoms with van der Waals surface area (Å²) in [6, 6.07) is 17.8. The molecule has 10 heteroatoms. The molecule has 0 aliphatic heterocycles. The van der Waals surface area contributed by atoms with E-state index in [1.54, 1.807) is 23.0 Å². The Morgan fingerprint density at radius 2 is 1.90 bits per heavy atom. The van der Waals surface area contributed by atoms with Crippen LogP contribution in [-0.4, -0.2) is 35.8 Å². The molecule has 1 N–H and O–H groups in total. The van der Waals surface area contributed by atoms with Gasteiger partial charge in [-0.1, -0.05) is 30.3 Å². The van der Waals surface area contributed by atoms with Crippen LogP contribution in [0, 0.1) is 21.8 Å². The van der Waals surface area contributed by atoms with E-state index in [1.165, 1.54) is 16.8 Å². The maximum Gasteiger partial charge on any atom is 0.272 e. The number of benzene rings is 2. The van der Waals surface area contributed by atoms with Crippen LogP contribution in [0.3, 0.4) is 0 Å². The van der Waals surface area contributed by atoms with Gasteiger partial charge in [0.05, 0.1) is 22.5 Å². The molecule has 0 aliphatic carbocycles. The monoisotopic (exact) mass is 405 g/mol. The number of rotatable bonds is 5. The van der Waals surface area contributed by atoms with Crippen LogP contribution in [-0.2, 0) is 0 Å². The Bertz CT molecular complexity index is 1250. The number of hydrogen-bond donors (Lipinski definition) is 1. The molecule has 2 heterocycles. The van der Waals surface area contributed by atoms with E-state index in [0.29, 0.717) is 16.3 Å². The van der Waals surface area contributed by atoms with Gasteiger partial charge in [-0.25, -0.2) is 5.10 Å². The molecule has 0 bridgehead atoms. The Labute approximate surface area is 170 Å². The highest BCUT2D eigenvalue weighted by Gasteiger charge is 2.15. The maximum absolute atomic E-state index is 10.8. The normalized spacial score (nSPS) is 11.2. The highest BCUT2D eigenvalue weighted by atomic mass is 32.1. The van der Waals surface area contributed by atoms with Crippen molar-refractivity contribution in [1.82, 2.24) is 24.7 Å². The lowest BCUT2D eigenvalue weighted by Gasteiger charge is -2.06. The number of nitro groups is 1. The second-order valence-electron chi connectivity index (χ2n) is 6.18. The molecule has 0 saturated heterocycles. The summed E-state index contributed by atoms with van der Waals surface area (Å²) in [5.41, 5.74) is 3.35. The fraction of sp³-hybridized carbons (Fsp3) is 0.0526. The second kappa shape index (κ2) is 7.60. The van der Waals surface area contributed by atoms with Gasteiger partial charge in [0.25, 0.3) is 11.6 Å². The van der Waals surface area contributed by atoms with Crippen LogP contribution in [0.5, 0.6) is 0 Å². The van der Waals surface area contributed by atoms with Gasteiger partial charge in [-0.05, 0) is 42.9 Å². The van der Waals surface area contributed by atoms with Crippen LogP contribution in [0.25, 0.3) is 17.2 Å². The summed E-state index contributed by atoms with van der Waals surface area (Å²) >= 11 is 5.31. The SMILES string of the molecule is Cc1cc(-c2ccccc2)n(-c2n[nH]c(=S)n2/N=C/c2ccc([N+](=O)[O-])cc2)n1. The lowest BCUT2D eigenvalue weighted by Crippen LogP contribution is -2.07. The van der Waals surface area contributed by atoms with Gasteiger partial charge in [0.1, 0.15) is 0 Å². The molecule has 0 aliphatic rings. The lowest BCUT2D eigenvalue weighted by molar-refractivity contribution is -0.384. The van der Waals surface area contributed by atoms with Crippen molar-refractivity contribution in [1.29, 1.82) is 0 Å². The molecular weight excluding hydrogens is 390 g/mol. The average Bonchev–Trinajstić information content (AvgIpc) is 3.29. The molecule has 0 spiro atoms. The zero-order valence-corrected chi connectivity index (χ0v) is 16.1. The van der Waals surface area contributed by atoms with Crippen LogP contribution in [0.15, 0.2) is 65.8 Å². The van der Waals surface area contributed by atoms with E-state index in [4.69, 9.17) is 12.2 Å². The fourth-order valence-corrected chi connectivity index (χ4v) is 2.97. The van der Waals surface area contributed by atoms with Crippen LogP contribution < -0.4 is 0 Å². The van der Waals surface area contributed by atoms with E-state index in [2.05, 4.69) is 20.4 Å². The molecule has 4 aromatic rings. The van der Waals surface area contributed by atoms with Gasteiger partial charge in [-0.2, -0.15) is 19.6 Å². The molecule has 0 amide bonds. The van der Waals surface area contributed by atoms with Crippen LogP contribution in [0.1, 0.15) is 11.3 Å². The van der Waals surface area contributed by atoms with E-state index in [9.17, 15) is 10.1 Å². The molecule has 4 rings (SSSR count). The zero-order valence-electron chi connectivity index (χ0n) is 15.3. The predicted molar refractivity (Wildman–Crippen MR) is 111 cm³/mol. The minimum Gasteiger partial charge on any atom is -0.258 e. The van der Waals surface area contributed by atoms with Crippen molar-refractivity contribution in [3.8, 4) is 17.2 Å². The van der Waals surface area contributed by atoms with Gasteiger partial charge in [-0.3, -0.25) is 10.1 Å². The third-order valence-corrected chi connectivity index (χ3v) is 4.41. The van der Waals surface area contributed by atoms with Crippen molar-refractivity contribution in [3.63, 3.8) is 0 Å². The van der Waals surface area contributed by atoms with Crippen molar-refractivity contribution in [2.45, 2.75) is 6.92 Å². The maximum atomic E-state index is 10.8. The van der Waals surface area contributed by atoms with E-state index < -0.39 is 4.92 Å². The number of non-ortho nitro benzene ring substituents is 1. The largest absolute Gasteiger partial charge is 0.272 e. The van der Waals surface area contributed by atoms with Crippen molar-refractivity contribution >= 4 is 24.1 Å². The third kappa shape index (κ3) is 3.73. The Kier molecular flexibility index (Phi) is 4.83. The van der Waals surface area contributed by atoms with Crippen LogP contribution >= 0.6 is 12.2 Å². The molecule has 29 heavy (non-hydrogen) atoms. The Morgan fingerprint density at radius 3 is 2.59 bits per heavy atom. The smallest absolute Gasteiger partial charge is 0.258 e. The first-order valence-electron chi connectivity index (χ1n) is 8.61. The summed E-state index contributed by atoms with van der Waals surface area (Å²) in [4.78, 5) is 10.3. The molecule has 9 nitrogen and oxygen atoms in total. The Balaban J connectivity index is 1.74. The van der Waals surface area contributed by atoms with E-state index in [0.717, 1.165) is 17.0 Å². The third-order valence-electron chi connectivity index (χ3n) is 4.15. The first-order valence-corrected chi connectivity index (χ1v) is 9.02. The standard InChI is InChI=1S/C19H15N7O2S/c1-13-11-17(15-5-3-2-4-6-15)24(23-13)18-21-22-19(29)25(18)20-12-14-7-9-16(10-8-14)26(27)28/h2-12H,1H3,(H,22,29)/b20-12+. The Hall–Kier alpha value is -3.92. The molecular formula is C19H15N7O2S. The van der Waals surface area contributed by atoms with Gasteiger partial charge in [0.2, 0.25) is 4.77 Å². The van der Waals surface area contributed by atoms with E-state index in [1.807, 2.05) is 43.3 Å². The molecule has 144 valence electrons. The van der Waals surface area contributed by atoms with Gasteiger partial charge >= 0.3 is 0 Å². The first-order chi connectivity index (χ1) is 14.0. The zero-order chi connectivity index (χ0) is 20.4. The average molecular weight is 405 g/mol. The van der Waals surface area contributed by atoms with Gasteiger partial charge in [0, 0.05) is 17.7 Å². The fourth-order valence-electron chi connectivity index (χ4n) is 2.80. The van der Waals surface area contributed by atoms with Crippen molar-refractivity contribution in [2.24, 2.45) is 5.10 Å². The topological polar surface area (TPSA) is 107 Å². The summed E-state index contributed by atoms with van der Waals surface area (Å²) in [5, 5.41) is 26.7. The molecule has 0 radical (unpaired) electrons. The van der Waals surface area contributed by atoms with Crippen LogP contribution in [0.4, 0.5) is 5.69 Å². The van der Waals surface area contributed by atoms with E-state index in [-0.39, 0.29) is 5.69 Å². The highest BCUT2D eigenvalue weighted by molar-refractivity contribution is 7.71. The number of nitrogens with zero attached hydrogens (tertiary/aromatic N) is 6. The summed E-state index contributed by atoms with van der Waals surface area (Å²) < 4.78 is 3.42. The van der Waals surface area contributed by atoms with Crippen molar-refractivity contribution in [3.05, 3.63) is 86.8 Å². The highest BCUT2D eigenvalue weighted by Crippen LogP contribution is 2.23. The van der Waals surface area contributed by atoms with E-state index >= 15 is 0 Å². The Morgan fingerprint density at radius 1 is 1.17 bits per heavy atom. The number of nitro benzene ring substituents is 1. The molecule has 0 unspecified atom stereocenters. The quantitative estimate of drug-likeness (QED) is 0.235. The number of aromatic amines is 1. The molecule has 0 atom stereocenters. The number of aryl methyl sites for hydroxylation is 1. The number of aromatic nitrogens is 5. The summed E-state index contributed by atoms with van der Waals surface area (Å²) in [5.74, 6) is 0.403. The van der Waals surface area contributed by atoms with Crippen molar-refractivity contribution in [2.75, 3.05) is 0 Å². The van der Waals surface area contributed by atoms with Crippen molar-refractivity contribution < 1.29 is 4.92 Å². The lowest BCUT2D eigenvalue weighted by atomic mass is 10.1. The summed E-state index contributed by atoms with van der Waals surface area (Å²) in [6.45, 7) is 1.90. The predicted octanol–water partition coefficient (Wildman–Crippen LogP) is 3.89. The summed E-state index contributed by atoms with van der Waals surface area (Å²) in [7, 11) is 0. The first kappa shape index (κ1) is 18.4. The molecule has 0 saturated carbocycles. The van der Waals surface area contributed by atoms with Gasteiger partial charge in [0.15, 0.2) is 0 Å². The molecule has 2 aromatic heterocycles. The molecule has 2 aromatic carbocycles. The number of nitrogens with one attached hydrogen (secondary N) is 1. The number of hydrogen-bond acceptors (Lipinski definition) is 6. The second-order valence-corrected chi connectivity index (χ2v) is 6.57. The minimum absolute atomic E-state index is 0.0160. The van der Waals surface area contributed by atoms with Gasteiger partial charge < -0.3 is 0 Å².